The summed E-state index contributed by atoms with van der Waals surface area (Å²) in [5, 5.41) is 2.96. The van der Waals surface area contributed by atoms with Crippen LogP contribution in [0.3, 0.4) is 0 Å². The molecule has 0 aliphatic heterocycles. The summed E-state index contributed by atoms with van der Waals surface area (Å²) in [6.07, 6.45) is 11.5. The van der Waals surface area contributed by atoms with Crippen LogP contribution in [0.4, 0.5) is 8.78 Å². The Morgan fingerprint density at radius 2 is 1.56 bits per heavy atom. The number of benzene rings is 1. The lowest BCUT2D eigenvalue weighted by atomic mass is 10.1. The van der Waals surface area contributed by atoms with Crippen molar-refractivity contribution in [2.45, 2.75) is 73.1 Å². The van der Waals surface area contributed by atoms with Gasteiger partial charge in [-0.05, 0) is 95.2 Å². The molecule has 1 aromatic carbocycles. The van der Waals surface area contributed by atoms with Gasteiger partial charge in [-0.1, -0.05) is 39.0 Å². The highest BCUT2D eigenvalue weighted by atomic mass is 19.1. The molecule has 39 heavy (non-hydrogen) atoms. The van der Waals surface area contributed by atoms with E-state index in [0.717, 1.165) is 56.3 Å². The number of rotatable bonds is 16. The molecule has 7 heteroatoms. The molecule has 0 bridgehead atoms. The molecule has 1 fully saturated rings. The number of nitrogens with one attached hydrogen (secondary N) is 1. The van der Waals surface area contributed by atoms with Gasteiger partial charge >= 0.3 is 0 Å². The second kappa shape index (κ2) is 19.3. The maximum Gasteiger partial charge on any atom is 0.254 e. The lowest BCUT2D eigenvalue weighted by molar-refractivity contribution is -0.127. The van der Waals surface area contributed by atoms with E-state index in [9.17, 15) is 18.4 Å². The average molecular weight is 546 g/mol. The van der Waals surface area contributed by atoms with Crippen LogP contribution in [-0.2, 0) is 9.59 Å². The third-order valence-corrected chi connectivity index (χ3v) is 6.22. The molecule has 0 unspecified atom stereocenters. The maximum atomic E-state index is 13.0. The van der Waals surface area contributed by atoms with Crippen LogP contribution in [0.25, 0.3) is 0 Å². The zero-order valence-corrected chi connectivity index (χ0v) is 24.7. The van der Waals surface area contributed by atoms with Crippen LogP contribution in [0.15, 0.2) is 54.2 Å². The Kier molecular flexibility index (Phi) is 16.9. The summed E-state index contributed by atoms with van der Waals surface area (Å²) >= 11 is 0. The first kappa shape index (κ1) is 34.2. The van der Waals surface area contributed by atoms with Crippen LogP contribution in [0.1, 0.15) is 71.8 Å². The molecule has 1 aliphatic carbocycles. The summed E-state index contributed by atoms with van der Waals surface area (Å²) in [5.74, 6) is -0.450. The number of hydrogen-bond acceptors (Lipinski definition) is 3. The number of carbonyl (C=O) groups is 2. The summed E-state index contributed by atoms with van der Waals surface area (Å²) in [6, 6.07) is 3.42. The number of halogens is 2. The minimum atomic E-state index is -0.521. The van der Waals surface area contributed by atoms with E-state index in [1.54, 1.807) is 19.1 Å². The van der Waals surface area contributed by atoms with Gasteiger partial charge in [0.1, 0.15) is 11.6 Å². The van der Waals surface area contributed by atoms with Crippen molar-refractivity contribution in [3.05, 3.63) is 71.4 Å². The van der Waals surface area contributed by atoms with E-state index in [-0.39, 0.29) is 11.8 Å². The quantitative estimate of drug-likeness (QED) is 0.145. The van der Waals surface area contributed by atoms with Crippen molar-refractivity contribution in [3.8, 4) is 0 Å². The largest absolute Gasteiger partial charge is 0.352 e. The van der Waals surface area contributed by atoms with E-state index < -0.39 is 11.6 Å². The van der Waals surface area contributed by atoms with Gasteiger partial charge in [-0.25, -0.2) is 8.78 Å². The topological polar surface area (TPSA) is 52.7 Å². The molecule has 1 aromatic rings. The number of nitrogens with zero attached hydrogens (tertiary/aromatic N) is 2. The molecular weight excluding hydrogens is 496 g/mol. The molecule has 0 radical (unpaired) electrons. The first-order valence-electron chi connectivity index (χ1n) is 14.4. The zero-order chi connectivity index (χ0) is 29.2. The first-order valence-corrected chi connectivity index (χ1v) is 14.4. The van der Waals surface area contributed by atoms with Crippen molar-refractivity contribution in [2.24, 2.45) is 5.92 Å². The van der Waals surface area contributed by atoms with E-state index in [1.165, 1.54) is 37.6 Å². The normalized spacial score (nSPS) is 13.5. The van der Waals surface area contributed by atoms with E-state index in [1.807, 2.05) is 11.8 Å². The van der Waals surface area contributed by atoms with E-state index >= 15 is 0 Å². The maximum absolute atomic E-state index is 13.0. The molecule has 218 valence electrons. The SMILES string of the molecule is C=C/C(C)=C\C(=C/C(=O)NCCCN(CCC)CC1CC1)C(=O)N(CCC)CCC.Cc1cc(F)cc(F)c1. The molecule has 1 saturated carbocycles. The van der Waals surface area contributed by atoms with Crippen LogP contribution in [0, 0.1) is 24.5 Å². The van der Waals surface area contributed by atoms with Gasteiger partial charge in [0.05, 0.1) is 0 Å². The molecule has 2 amide bonds. The highest BCUT2D eigenvalue weighted by Gasteiger charge is 2.23. The Hall–Kier alpha value is -2.80. The van der Waals surface area contributed by atoms with E-state index in [2.05, 4.69) is 37.6 Å². The molecular formula is C32H49F2N3O2. The van der Waals surface area contributed by atoms with Crippen molar-refractivity contribution in [3.63, 3.8) is 0 Å². The third-order valence-electron chi connectivity index (χ3n) is 6.22. The molecule has 0 saturated heterocycles. The van der Waals surface area contributed by atoms with Crippen LogP contribution in [0.5, 0.6) is 0 Å². The highest BCUT2D eigenvalue weighted by Crippen LogP contribution is 2.29. The minimum Gasteiger partial charge on any atom is -0.352 e. The van der Waals surface area contributed by atoms with Crippen LogP contribution in [0.2, 0.25) is 0 Å². The summed E-state index contributed by atoms with van der Waals surface area (Å²) in [5.41, 5.74) is 1.89. The standard InChI is InChI=1S/C25H43N3O2.C7H6F2/c1-6-14-27(20-22-11-12-22)17-10-13-26-24(29)19-23(18-21(5)9-4)25(30)28(15-7-2)16-8-3;1-5-2-6(8)4-7(9)3-5/h9,18-19,22H,4,6-8,10-17,20H2,1-3,5H3,(H,26,29);2-4H,1H3/b21-18-,23-19+;. The van der Waals surface area contributed by atoms with Gasteiger partial charge in [0, 0.05) is 43.9 Å². The average Bonchev–Trinajstić information content (AvgIpc) is 3.69. The minimum absolute atomic E-state index is 0.0893. The third kappa shape index (κ3) is 15.4. The molecule has 0 spiro atoms. The van der Waals surface area contributed by atoms with Gasteiger partial charge in [-0.3, -0.25) is 9.59 Å². The van der Waals surface area contributed by atoms with Crippen molar-refractivity contribution in [1.29, 1.82) is 0 Å². The predicted octanol–water partition coefficient (Wildman–Crippen LogP) is 6.60. The highest BCUT2D eigenvalue weighted by molar-refractivity contribution is 6.03. The van der Waals surface area contributed by atoms with Gasteiger partial charge in [0.15, 0.2) is 0 Å². The fraction of sp³-hybridized carbons (Fsp3) is 0.562. The Morgan fingerprint density at radius 1 is 0.974 bits per heavy atom. The fourth-order valence-electron chi connectivity index (χ4n) is 4.18. The molecule has 0 aromatic heterocycles. The van der Waals surface area contributed by atoms with Crippen LogP contribution >= 0.6 is 0 Å². The molecule has 0 heterocycles. The Morgan fingerprint density at radius 3 is 2.05 bits per heavy atom. The van der Waals surface area contributed by atoms with Gasteiger partial charge in [0.2, 0.25) is 5.91 Å². The van der Waals surface area contributed by atoms with Crippen molar-refractivity contribution in [2.75, 3.05) is 39.3 Å². The molecule has 5 nitrogen and oxygen atoms in total. The number of aryl methyl sites for hydroxylation is 1. The summed E-state index contributed by atoms with van der Waals surface area (Å²) < 4.78 is 24.4. The van der Waals surface area contributed by atoms with E-state index in [4.69, 9.17) is 0 Å². The molecule has 1 N–H and O–H groups in total. The number of hydrogen-bond donors (Lipinski definition) is 1. The van der Waals surface area contributed by atoms with Gasteiger partial charge in [-0.15, -0.1) is 0 Å². The van der Waals surface area contributed by atoms with Crippen molar-refractivity contribution >= 4 is 11.8 Å². The molecule has 1 aliphatic rings. The fourth-order valence-corrected chi connectivity index (χ4v) is 4.18. The van der Waals surface area contributed by atoms with Crippen molar-refractivity contribution < 1.29 is 18.4 Å². The summed E-state index contributed by atoms with van der Waals surface area (Å²) in [7, 11) is 0. The summed E-state index contributed by atoms with van der Waals surface area (Å²) in [4.78, 5) is 29.8. The van der Waals surface area contributed by atoms with Gasteiger partial charge in [-0.2, -0.15) is 0 Å². The lowest BCUT2D eigenvalue weighted by Crippen LogP contribution is -2.34. The summed E-state index contributed by atoms with van der Waals surface area (Å²) in [6.45, 7) is 19.0. The number of amides is 2. The smallest absolute Gasteiger partial charge is 0.254 e. The predicted molar refractivity (Wildman–Crippen MR) is 157 cm³/mol. The van der Waals surface area contributed by atoms with Gasteiger partial charge in [0.25, 0.3) is 5.91 Å². The Bertz CT molecular complexity index is 914. The molecule has 2 rings (SSSR count). The molecule has 0 atom stereocenters. The van der Waals surface area contributed by atoms with Gasteiger partial charge < -0.3 is 15.1 Å². The lowest BCUT2D eigenvalue weighted by Gasteiger charge is -2.22. The number of carbonyl (C=O) groups excluding carboxylic acids is 2. The van der Waals surface area contributed by atoms with Crippen LogP contribution in [-0.4, -0.2) is 60.9 Å². The second-order valence-electron chi connectivity index (χ2n) is 10.3. The first-order chi connectivity index (χ1) is 18.6. The number of allylic oxidation sites excluding steroid dienone is 2. The Labute approximate surface area is 235 Å². The Balaban J connectivity index is 0.000000708. The zero-order valence-electron chi connectivity index (χ0n) is 24.7. The second-order valence-corrected chi connectivity index (χ2v) is 10.3. The van der Waals surface area contributed by atoms with E-state index in [0.29, 0.717) is 30.8 Å². The van der Waals surface area contributed by atoms with Crippen LogP contribution < -0.4 is 5.32 Å². The monoisotopic (exact) mass is 545 g/mol. The van der Waals surface area contributed by atoms with Crippen molar-refractivity contribution in [1.82, 2.24) is 15.1 Å².